The average Bonchev–Trinajstić information content (AvgIpc) is 2.45. The Hall–Kier alpha value is -0.930. The van der Waals surface area contributed by atoms with E-state index >= 15 is 0 Å². The number of pyridine rings is 1. The average molecular weight is 261 g/mol. The lowest BCUT2D eigenvalue weighted by molar-refractivity contribution is 0.0624. The minimum atomic E-state index is 0.215. The van der Waals surface area contributed by atoms with Crippen LogP contribution in [-0.2, 0) is 6.42 Å². The monoisotopic (exact) mass is 261 g/mol. The molecule has 19 heavy (non-hydrogen) atoms. The summed E-state index contributed by atoms with van der Waals surface area (Å²) in [5.74, 6) is 0.801. The third kappa shape index (κ3) is 3.54. The summed E-state index contributed by atoms with van der Waals surface area (Å²) in [4.78, 5) is 6.88. The second-order valence-electron chi connectivity index (χ2n) is 6.12. The quantitative estimate of drug-likeness (QED) is 0.885. The van der Waals surface area contributed by atoms with Crippen molar-refractivity contribution in [2.45, 2.75) is 44.6 Å². The van der Waals surface area contributed by atoms with Gasteiger partial charge < -0.3 is 5.73 Å². The third-order valence-corrected chi connectivity index (χ3v) is 4.69. The first-order chi connectivity index (χ1) is 9.16. The molecule has 0 amide bonds. The lowest BCUT2D eigenvalue weighted by Gasteiger charge is -2.46. The molecule has 1 aromatic rings. The van der Waals surface area contributed by atoms with Gasteiger partial charge in [-0.25, -0.2) is 0 Å². The van der Waals surface area contributed by atoms with Crippen molar-refractivity contribution >= 4 is 0 Å². The summed E-state index contributed by atoms with van der Waals surface area (Å²) < 4.78 is 0. The van der Waals surface area contributed by atoms with E-state index in [-0.39, 0.29) is 5.54 Å². The van der Waals surface area contributed by atoms with Gasteiger partial charge in [-0.15, -0.1) is 0 Å². The van der Waals surface area contributed by atoms with Crippen LogP contribution in [0.25, 0.3) is 0 Å². The molecule has 1 aliphatic rings. The Morgan fingerprint density at radius 3 is 2.95 bits per heavy atom. The molecule has 1 fully saturated rings. The molecular formula is C16H27N3. The number of hydrogen-bond acceptors (Lipinski definition) is 3. The van der Waals surface area contributed by atoms with Gasteiger partial charge in [-0.3, -0.25) is 9.88 Å². The number of rotatable bonds is 5. The van der Waals surface area contributed by atoms with Gasteiger partial charge in [0.1, 0.15) is 0 Å². The standard InChI is InChI=1S/C16H27N3/c1-14-6-5-9-16(12-14,13-17)19(2)11-8-15-7-3-4-10-18-15/h3-4,7,10,14H,5-6,8-9,11-13,17H2,1-2H3. The highest BCUT2D eigenvalue weighted by molar-refractivity contribution is 5.04. The predicted octanol–water partition coefficient (Wildman–Crippen LogP) is 2.46. The zero-order valence-corrected chi connectivity index (χ0v) is 12.3. The first kappa shape index (κ1) is 14.5. The molecule has 2 N–H and O–H groups in total. The zero-order valence-electron chi connectivity index (χ0n) is 12.3. The van der Waals surface area contributed by atoms with Crippen molar-refractivity contribution in [1.29, 1.82) is 0 Å². The zero-order chi connectivity index (χ0) is 13.7. The Morgan fingerprint density at radius 2 is 2.32 bits per heavy atom. The highest BCUT2D eigenvalue weighted by atomic mass is 15.2. The molecule has 1 aliphatic carbocycles. The number of nitrogens with zero attached hydrogens (tertiary/aromatic N) is 2. The van der Waals surface area contributed by atoms with E-state index in [0.29, 0.717) is 0 Å². The smallest absolute Gasteiger partial charge is 0.0416 e. The van der Waals surface area contributed by atoms with Crippen LogP contribution in [0.1, 0.15) is 38.3 Å². The molecule has 3 heteroatoms. The van der Waals surface area contributed by atoms with Gasteiger partial charge in [0.15, 0.2) is 0 Å². The Kier molecular flexibility index (Phi) is 4.94. The molecule has 1 saturated carbocycles. The van der Waals surface area contributed by atoms with E-state index in [1.807, 2.05) is 12.3 Å². The van der Waals surface area contributed by atoms with Crippen molar-refractivity contribution in [2.75, 3.05) is 20.1 Å². The maximum Gasteiger partial charge on any atom is 0.0416 e. The molecular weight excluding hydrogens is 234 g/mol. The van der Waals surface area contributed by atoms with Crippen molar-refractivity contribution in [2.24, 2.45) is 11.7 Å². The second kappa shape index (κ2) is 6.49. The molecule has 0 radical (unpaired) electrons. The minimum absolute atomic E-state index is 0.215. The largest absolute Gasteiger partial charge is 0.329 e. The molecule has 0 aliphatic heterocycles. The van der Waals surface area contributed by atoms with E-state index in [1.54, 1.807) is 0 Å². The third-order valence-electron chi connectivity index (χ3n) is 4.69. The molecule has 1 aromatic heterocycles. The van der Waals surface area contributed by atoms with Crippen LogP contribution < -0.4 is 5.73 Å². The predicted molar refractivity (Wildman–Crippen MR) is 80.0 cm³/mol. The van der Waals surface area contributed by atoms with Crippen LogP contribution in [0, 0.1) is 5.92 Å². The van der Waals surface area contributed by atoms with Gasteiger partial charge in [0, 0.05) is 36.9 Å². The fourth-order valence-corrected chi connectivity index (χ4v) is 3.39. The summed E-state index contributed by atoms with van der Waals surface area (Å²) >= 11 is 0. The van der Waals surface area contributed by atoms with Crippen molar-refractivity contribution in [3.8, 4) is 0 Å². The number of nitrogens with two attached hydrogens (primary N) is 1. The first-order valence-electron chi connectivity index (χ1n) is 7.47. The van der Waals surface area contributed by atoms with Gasteiger partial charge in [-0.2, -0.15) is 0 Å². The Balaban J connectivity index is 1.95. The van der Waals surface area contributed by atoms with Crippen molar-refractivity contribution < 1.29 is 0 Å². The number of aromatic nitrogens is 1. The molecule has 2 atom stereocenters. The van der Waals surface area contributed by atoms with Crippen LogP contribution in [0.3, 0.4) is 0 Å². The highest BCUT2D eigenvalue weighted by Gasteiger charge is 2.36. The summed E-state index contributed by atoms with van der Waals surface area (Å²) in [6.45, 7) is 4.17. The van der Waals surface area contributed by atoms with E-state index < -0.39 is 0 Å². The summed E-state index contributed by atoms with van der Waals surface area (Å²) in [6, 6.07) is 6.13. The highest BCUT2D eigenvalue weighted by Crippen LogP contribution is 2.35. The fourth-order valence-electron chi connectivity index (χ4n) is 3.39. The Morgan fingerprint density at radius 1 is 1.47 bits per heavy atom. The van der Waals surface area contributed by atoms with Crippen LogP contribution in [-0.4, -0.2) is 35.6 Å². The van der Waals surface area contributed by atoms with E-state index in [9.17, 15) is 0 Å². The molecule has 0 saturated heterocycles. The van der Waals surface area contributed by atoms with Gasteiger partial charge in [-0.05, 0) is 37.9 Å². The summed E-state index contributed by atoms with van der Waals surface area (Å²) in [5, 5.41) is 0. The number of hydrogen-bond donors (Lipinski definition) is 1. The molecule has 106 valence electrons. The van der Waals surface area contributed by atoms with Crippen LogP contribution in [0.15, 0.2) is 24.4 Å². The van der Waals surface area contributed by atoms with E-state index in [2.05, 4.69) is 36.0 Å². The van der Waals surface area contributed by atoms with Crippen LogP contribution in [0.5, 0.6) is 0 Å². The molecule has 1 heterocycles. The molecule has 2 unspecified atom stereocenters. The first-order valence-corrected chi connectivity index (χ1v) is 7.47. The van der Waals surface area contributed by atoms with Crippen molar-refractivity contribution in [1.82, 2.24) is 9.88 Å². The Bertz CT molecular complexity index is 379. The van der Waals surface area contributed by atoms with Crippen molar-refractivity contribution in [3.63, 3.8) is 0 Å². The van der Waals surface area contributed by atoms with Crippen LogP contribution in [0.2, 0.25) is 0 Å². The van der Waals surface area contributed by atoms with Gasteiger partial charge in [0.05, 0.1) is 0 Å². The minimum Gasteiger partial charge on any atom is -0.329 e. The molecule has 2 rings (SSSR count). The fraction of sp³-hybridized carbons (Fsp3) is 0.688. The van der Waals surface area contributed by atoms with Gasteiger partial charge >= 0.3 is 0 Å². The lowest BCUT2D eigenvalue weighted by atomic mass is 9.75. The summed E-state index contributed by atoms with van der Waals surface area (Å²) in [7, 11) is 2.23. The van der Waals surface area contributed by atoms with Gasteiger partial charge in [-0.1, -0.05) is 25.8 Å². The maximum atomic E-state index is 6.11. The SMILES string of the molecule is CC1CCCC(CN)(N(C)CCc2ccccn2)C1. The molecule has 3 nitrogen and oxygen atoms in total. The summed E-state index contributed by atoms with van der Waals surface area (Å²) in [6.07, 6.45) is 8.03. The number of likely N-dealkylation sites (N-methyl/N-ethyl adjacent to an activating group) is 1. The molecule has 0 bridgehead atoms. The Labute approximate surface area is 117 Å². The molecule has 0 spiro atoms. The van der Waals surface area contributed by atoms with Crippen LogP contribution >= 0.6 is 0 Å². The van der Waals surface area contributed by atoms with Crippen LogP contribution in [0.4, 0.5) is 0 Å². The van der Waals surface area contributed by atoms with E-state index in [1.165, 1.54) is 31.4 Å². The van der Waals surface area contributed by atoms with Gasteiger partial charge in [0.25, 0.3) is 0 Å². The van der Waals surface area contributed by atoms with E-state index in [4.69, 9.17) is 5.73 Å². The van der Waals surface area contributed by atoms with Crippen molar-refractivity contribution in [3.05, 3.63) is 30.1 Å². The van der Waals surface area contributed by atoms with E-state index in [0.717, 1.165) is 25.4 Å². The van der Waals surface area contributed by atoms with Gasteiger partial charge in [0.2, 0.25) is 0 Å². The topological polar surface area (TPSA) is 42.1 Å². The maximum absolute atomic E-state index is 6.11. The molecule has 0 aromatic carbocycles. The normalized spacial score (nSPS) is 27.7. The summed E-state index contributed by atoms with van der Waals surface area (Å²) in [5.41, 5.74) is 7.50. The second-order valence-corrected chi connectivity index (χ2v) is 6.12. The lowest BCUT2D eigenvalue weighted by Crippen LogP contribution is -2.55.